The lowest BCUT2D eigenvalue weighted by Gasteiger charge is -2.14. The van der Waals surface area contributed by atoms with Gasteiger partial charge >= 0.3 is 0 Å². The molecule has 0 radical (unpaired) electrons. The first kappa shape index (κ1) is 17.3. The van der Waals surface area contributed by atoms with Crippen LogP contribution in [0.2, 0.25) is 0 Å². The number of aromatic nitrogens is 2. The van der Waals surface area contributed by atoms with Gasteiger partial charge in [0.1, 0.15) is 11.9 Å². The van der Waals surface area contributed by atoms with E-state index in [9.17, 15) is 9.18 Å². The molecule has 3 rings (SSSR count). The highest BCUT2D eigenvalue weighted by Gasteiger charge is 2.21. The Kier molecular flexibility index (Phi) is 5.04. The molecule has 2 aromatic carbocycles. The molecule has 0 fully saturated rings. The Hall–Kier alpha value is -3.53. The third-order valence-corrected chi connectivity index (χ3v) is 3.73. The molecule has 0 bridgehead atoms. The molecule has 1 heterocycles. The molecule has 0 aliphatic carbocycles. The van der Waals surface area contributed by atoms with Crippen LogP contribution in [0.25, 0.3) is 11.5 Å². The number of carbonyl (C=O) groups is 1. The number of nitrogens with zero attached hydrogens (tertiary/aromatic N) is 3. The summed E-state index contributed by atoms with van der Waals surface area (Å²) in [5, 5.41) is 19.7. The maximum Gasteiger partial charge on any atom is 0.247 e. The van der Waals surface area contributed by atoms with Crippen LogP contribution < -0.4 is 5.32 Å². The number of nitrogens with one attached hydrogen (secondary N) is 1. The third-order valence-electron chi connectivity index (χ3n) is 3.73. The molecule has 1 amide bonds. The normalized spacial score (nSPS) is 11.6. The van der Waals surface area contributed by atoms with E-state index in [4.69, 9.17) is 9.68 Å². The van der Waals surface area contributed by atoms with Gasteiger partial charge in [0.2, 0.25) is 17.7 Å². The van der Waals surface area contributed by atoms with Gasteiger partial charge in [0.05, 0.1) is 11.6 Å². The van der Waals surface area contributed by atoms with Crippen LogP contribution in [0.3, 0.4) is 0 Å². The number of carbonyl (C=O) groups excluding carboxylic acids is 1. The molecule has 0 aliphatic heterocycles. The molecular weight excluding hydrogens is 335 g/mol. The fraction of sp³-hybridized carbons (Fsp3) is 0.158. The molecule has 7 heteroatoms. The van der Waals surface area contributed by atoms with Crippen LogP contribution in [0.5, 0.6) is 0 Å². The Labute approximate surface area is 149 Å². The summed E-state index contributed by atoms with van der Waals surface area (Å²) in [5.74, 6) is -0.0883. The summed E-state index contributed by atoms with van der Waals surface area (Å²) in [6, 6.07) is 14.3. The van der Waals surface area contributed by atoms with E-state index >= 15 is 0 Å². The Morgan fingerprint density at radius 1 is 1.19 bits per heavy atom. The van der Waals surface area contributed by atoms with E-state index in [1.807, 2.05) is 12.1 Å². The van der Waals surface area contributed by atoms with Crippen LogP contribution >= 0.6 is 0 Å². The molecule has 1 atom stereocenters. The van der Waals surface area contributed by atoms with Crippen LogP contribution in [0.1, 0.15) is 30.0 Å². The second-order valence-corrected chi connectivity index (χ2v) is 5.72. The molecule has 26 heavy (non-hydrogen) atoms. The summed E-state index contributed by atoms with van der Waals surface area (Å²) >= 11 is 0. The fourth-order valence-electron chi connectivity index (χ4n) is 2.48. The molecule has 0 spiro atoms. The third kappa shape index (κ3) is 4.11. The van der Waals surface area contributed by atoms with E-state index in [1.54, 1.807) is 24.3 Å². The van der Waals surface area contributed by atoms with Crippen molar-refractivity contribution in [2.45, 2.75) is 19.4 Å². The van der Waals surface area contributed by atoms with E-state index in [2.05, 4.69) is 21.6 Å². The lowest BCUT2D eigenvalue weighted by molar-refractivity contribution is -0.119. The number of rotatable bonds is 5. The number of benzene rings is 2. The van der Waals surface area contributed by atoms with Crippen molar-refractivity contribution in [3.05, 3.63) is 71.4 Å². The minimum Gasteiger partial charge on any atom is -0.418 e. The number of hydrogen-bond acceptors (Lipinski definition) is 5. The number of amides is 1. The van der Waals surface area contributed by atoms with Crippen molar-refractivity contribution in [1.82, 2.24) is 15.5 Å². The maximum atomic E-state index is 13.0. The van der Waals surface area contributed by atoms with Crippen LogP contribution in [0.15, 0.2) is 52.9 Å². The van der Waals surface area contributed by atoms with Crippen molar-refractivity contribution in [3.63, 3.8) is 0 Å². The number of nitriles is 1. The fourth-order valence-corrected chi connectivity index (χ4v) is 2.48. The molecule has 0 saturated heterocycles. The highest BCUT2D eigenvalue weighted by molar-refractivity contribution is 5.73. The van der Waals surface area contributed by atoms with Gasteiger partial charge in [0.15, 0.2) is 0 Å². The van der Waals surface area contributed by atoms with E-state index < -0.39 is 6.04 Å². The summed E-state index contributed by atoms with van der Waals surface area (Å²) in [4.78, 5) is 11.5. The van der Waals surface area contributed by atoms with Crippen molar-refractivity contribution in [3.8, 4) is 17.5 Å². The number of hydrogen-bond donors (Lipinski definition) is 1. The lowest BCUT2D eigenvalue weighted by Crippen LogP contribution is -2.28. The highest BCUT2D eigenvalue weighted by atomic mass is 19.1. The standard InChI is InChI=1S/C19H15FN4O2/c1-12(25)22-17(10-13-2-4-14(11-21)5-3-13)19-24-23-18(26-19)15-6-8-16(20)9-7-15/h2-9,17H,10H2,1H3,(H,22,25)/t17-/m0/s1. The Balaban J connectivity index is 1.84. The first-order valence-corrected chi connectivity index (χ1v) is 7.90. The largest absolute Gasteiger partial charge is 0.418 e. The molecular formula is C19H15FN4O2. The van der Waals surface area contributed by atoms with Crippen LogP contribution in [-0.4, -0.2) is 16.1 Å². The van der Waals surface area contributed by atoms with Crippen LogP contribution in [0.4, 0.5) is 4.39 Å². The molecule has 3 aromatic rings. The first-order valence-electron chi connectivity index (χ1n) is 7.90. The second kappa shape index (κ2) is 7.57. The minimum atomic E-state index is -0.512. The zero-order chi connectivity index (χ0) is 18.5. The van der Waals surface area contributed by atoms with E-state index in [0.717, 1.165) is 5.56 Å². The zero-order valence-corrected chi connectivity index (χ0v) is 13.9. The van der Waals surface area contributed by atoms with Gasteiger partial charge in [0.25, 0.3) is 0 Å². The van der Waals surface area contributed by atoms with Gasteiger partial charge in [-0.2, -0.15) is 5.26 Å². The molecule has 0 saturated carbocycles. The van der Waals surface area contributed by atoms with Gasteiger partial charge in [-0.3, -0.25) is 4.79 Å². The second-order valence-electron chi connectivity index (χ2n) is 5.72. The van der Waals surface area contributed by atoms with Crippen molar-refractivity contribution in [1.29, 1.82) is 5.26 Å². The summed E-state index contributed by atoms with van der Waals surface area (Å²) in [5.41, 5.74) is 2.05. The molecule has 0 aliphatic rings. The number of halogens is 1. The van der Waals surface area contributed by atoms with E-state index in [-0.39, 0.29) is 23.5 Å². The zero-order valence-electron chi connectivity index (χ0n) is 13.9. The van der Waals surface area contributed by atoms with Gasteiger partial charge in [-0.15, -0.1) is 10.2 Å². The maximum absolute atomic E-state index is 13.0. The topological polar surface area (TPSA) is 91.8 Å². The smallest absolute Gasteiger partial charge is 0.247 e. The molecule has 6 nitrogen and oxygen atoms in total. The average Bonchev–Trinajstić information content (AvgIpc) is 3.12. The first-order chi connectivity index (χ1) is 12.5. The van der Waals surface area contributed by atoms with Gasteiger partial charge in [0, 0.05) is 18.9 Å². The van der Waals surface area contributed by atoms with E-state index in [1.165, 1.54) is 19.1 Å². The summed E-state index contributed by atoms with van der Waals surface area (Å²) in [6.07, 6.45) is 0.427. The average molecular weight is 350 g/mol. The van der Waals surface area contributed by atoms with Gasteiger partial charge in [-0.05, 0) is 42.0 Å². The van der Waals surface area contributed by atoms with Gasteiger partial charge in [-0.25, -0.2) is 4.39 Å². The predicted molar refractivity (Wildman–Crippen MR) is 91.1 cm³/mol. The molecule has 0 unspecified atom stereocenters. The molecule has 1 aromatic heterocycles. The minimum absolute atomic E-state index is 0.231. The van der Waals surface area contributed by atoms with Crippen molar-refractivity contribution in [2.75, 3.05) is 0 Å². The summed E-state index contributed by atoms with van der Waals surface area (Å²) < 4.78 is 18.7. The van der Waals surface area contributed by atoms with Crippen molar-refractivity contribution in [2.24, 2.45) is 0 Å². The van der Waals surface area contributed by atoms with Crippen LogP contribution in [-0.2, 0) is 11.2 Å². The highest BCUT2D eigenvalue weighted by Crippen LogP contribution is 2.23. The SMILES string of the molecule is CC(=O)N[C@@H](Cc1ccc(C#N)cc1)c1nnc(-c2ccc(F)cc2)o1. The van der Waals surface area contributed by atoms with Gasteiger partial charge in [-0.1, -0.05) is 12.1 Å². The Morgan fingerprint density at radius 2 is 1.88 bits per heavy atom. The van der Waals surface area contributed by atoms with Crippen LogP contribution in [0, 0.1) is 17.1 Å². The predicted octanol–water partition coefficient (Wildman–Crippen LogP) is 3.17. The monoisotopic (exact) mass is 350 g/mol. The quantitative estimate of drug-likeness (QED) is 0.763. The molecule has 130 valence electrons. The Morgan fingerprint density at radius 3 is 2.50 bits per heavy atom. The lowest BCUT2D eigenvalue weighted by atomic mass is 10.0. The summed E-state index contributed by atoms with van der Waals surface area (Å²) in [7, 11) is 0. The van der Waals surface area contributed by atoms with Crippen molar-refractivity contribution < 1.29 is 13.6 Å². The summed E-state index contributed by atoms with van der Waals surface area (Å²) in [6.45, 7) is 1.41. The van der Waals surface area contributed by atoms with Gasteiger partial charge < -0.3 is 9.73 Å². The van der Waals surface area contributed by atoms with Crippen molar-refractivity contribution >= 4 is 5.91 Å². The Bertz CT molecular complexity index is 943. The molecule has 1 N–H and O–H groups in total. The van der Waals surface area contributed by atoms with E-state index in [0.29, 0.717) is 17.5 Å².